The van der Waals surface area contributed by atoms with Crippen molar-refractivity contribution in [2.45, 2.75) is 12.8 Å². The molecule has 0 saturated heterocycles. The van der Waals surface area contributed by atoms with Crippen LogP contribution in [0.1, 0.15) is 12.7 Å². The number of hydrogen-bond acceptors (Lipinski definition) is 3. The molecule has 0 aliphatic carbocycles. The lowest BCUT2D eigenvalue weighted by atomic mass is 10.3. The van der Waals surface area contributed by atoms with Gasteiger partial charge >= 0.3 is 5.92 Å². The van der Waals surface area contributed by atoms with Crippen molar-refractivity contribution in [1.82, 2.24) is 9.97 Å². The average molecular weight is 178 g/mol. The van der Waals surface area contributed by atoms with E-state index in [1.54, 1.807) is 0 Å². The fraction of sp³-hybridized carbons (Fsp3) is 0.333. The van der Waals surface area contributed by atoms with Gasteiger partial charge in [0.2, 0.25) is 11.6 Å². The minimum atomic E-state index is -3.27. The Kier molecular flexibility index (Phi) is 1.91. The summed E-state index contributed by atoms with van der Waals surface area (Å²) >= 11 is 0. The van der Waals surface area contributed by atoms with Crippen molar-refractivity contribution >= 4 is 0 Å². The van der Waals surface area contributed by atoms with Gasteiger partial charge < -0.3 is 5.11 Å². The largest absolute Gasteiger partial charge is 0.491 e. The second-order valence-corrected chi connectivity index (χ2v) is 2.25. The number of aromatic hydroxyl groups is 1. The van der Waals surface area contributed by atoms with Crippen LogP contribution < -0.4 is 0 Å². The zero-order valence-electron chi connectivity index (χ0n) is 6.05. The number of hydrogen-bond donors (Lipinski definition) is 1. The van der Waals surface area contributed by atoms with Gasteiger partial charge in [-0.3, -0.25) is 0 Å². The van der Waals surface area contributed by atoms with Crippen LogP contribution in [-0.2, 0) is 5.92 Å². The van der Waals surface area contributed by atoms with Crippen molar-refractivity contribution in [2.75, 3.05) is 0 Å². The minimum absolute atomic E-state index is 0.495. The molecule has 0 spiro atoms. The van der Waals surface area contributed by atoms with E-state index in [1.165, 1.54) is 0 Å². The number of aromatic nitrogens is 2. The summed E-state index contributed by atoms with van der Waals surface area (Å²) in [5.74, 6) is -6.36. The van der Waals surface area contributed by atoms with Gasteiger partial charge in [0, 0.05) is 6.92 Å². The van der Waals surface area contributed by atoms with Gasteiger partial charge in [-0.15, -0.1) is 0 Å². The number of nitrogens with zero attached hydrogens (tertiary/aromatic N) is 2. The predicted octanol–water partition coefficient (Wildman–Crippen LogP) is 1.43. The van der Waals surface area contributed by atoms with E-state index in [0.29, 0.717) is 13.1 Å². The van der Waals surface area contributed by atoms with E-state index < -0.39 is 23.4 Å². The van der Waals surface area contributed by atoms with E-state index in [-0.39, 0.29) is 0 Å². The van der Waals surface area contributed by atoms with Crippen LogP contribution >= 0.6 is 0 Å². The van der Waals surface area contributed by atoms with Crippen LogP contribution in [0.4, 0.5) is 13.2 Å². The Labute approximate surface area is 65.9 Å². The van der Waals surface area contributed by atoms with Crippen molar-refractivity contribution in [3.63, 3.8) is 0 Å². The first-order chi connectivity index (χ1) is 5.41. The molecule has 1 aromatic rings. The van der Waals surface area contributed by atoms with E-state index in [0.717, 1.165) is 0 Å². The number of alkyl halides is 2. The molecule has 6 heteroatoms. The molecule has 1 rings (SSSR count). The van der Waals surface area contributed by atoms with Crippen molar-refractivity contribution in [3.8, 4) is 5.88 Å². The topological polar surface area (TPSA) is 46.0 Å². The van der Waals surface area contributed by atoms with Gasteiger partial charge in [0.15, 0.2) is 0 Å². The van der Waals surface area contributed by atoms with E-state index in [1.807, 2.05) is 0 Å². The van der Waals surface area contributed by atoms with Gasteiger partial charge in [-0.1, -0.05) is 0 Å². The highest BCUT2D eigenvalue weighted by molar-refractivity contribution is 5.11. The van der Waals surface area contributed by atoms with E-state index in [9.17, 15) is 13.2 Å². The van der Waals surface area contributed by atoms with Crippen LogP contribution in [0, 0.1) is 5.82 Å². The molecule has 0 fully saturated rings. The van der Waals surface area contributed by atoms with Gasteiger partial charge in [0.05, 0.1) is 6.20 Å². The molecule has 3 nitrogen and oxygen atoms in total. The van der Waals surface area contributed by atoms with E-state index in [4.69, 9.17) is 5.11 Å². The second kappa shape index (κ2) is 2.62. The molecule has 66 valence electrons. The third-order valence-electron chi connectivity index (χ3n) is 1.12. The molecular weight excluding hydrogens is 173 g/mol. The fourth-order valence-corrected chi connectivity index (χ4v) is 0.570. The zero-order chi connectivity index (χ0) is 9.35. The lowest BCUT2D eigenvalue weighted by Crippen LogP contribution is -2.12. The predicted molar refractivity (Wildman–Crippen MR) is 33.2 cm³/mol. The minimum Gasteiger partial charge on any atom is -0.491 e. The molecule has 12 heavy (non-hydrogen) atoms. The van der Waals surface area contributed by atoms with Gasteiger partial charge in [-0.25, -0.2) is 4.98 Å². The Morgan fingerprint density at radius 1 is 1.50 bits per heavy atom. The standard InChI is InChI=1S/C6H5F3N2O/c1-6(8,9)5-10-2-3(7)4(12)11-5/h2H,1H3,(H,10,11,12). The average Bonchev–Trinajstić information content (AvgIpc) is 1.92. The maximum Gasteiger partial charge on any atom is 0.303 e. The molecule has 0 aliphatic rings. The highest BCUT2D eigenvalue weighted by Gasteiger charge is 2.29. The second-order valence-electron chi connectivity index (χ2n) is 2.25. The Morgan fingerprint density at radius 3 is 2.50 bits per heavy atom. The Balaban J connectivity index is 3.14. The van der Waals surface area contributed by atoms with Crippen LogP contribution in [0.2, 0.25) is 0 Å². The normalized spacial score (nSPS) is 11.7. The summed E-state index contributed by atoms with van der Waals surface area (Å²) in [6.07, 6.45) is 0.495. The van der Waals surface area contributed by atoms with Crippen LogP contribution in [0.15, 0.2) is 6.20 Å². The van der Waals surface area contributed by atoms with Crippen molar-refractivity contribution < 1.29 is 18.3 Å². The summed E-state index contributed by atoms with van der Waals surface area (Å²) in [6, 6.07) is 0. The summed E-state index contributed by atoms with van der Waals surface area (Å²) in [5.41, 5.74) is 0. The molecule has 0 atom stereocenters. The number of rotatable bonds is 1. The Morgan fingerprint density at radius 2 is 2.08 bits per heavy atom. The monoisotopic (exact) mass is 178 g/mol. The smallest absolute Gasteiger partial charge is 0.303 e. The maximum absolute atomic E-state index is 12.4. The summed E-state index contributed by atoms with van der Waals surface area (Å²) in [7, 11) is 0. The van der Waals surface area contributed by atoms with Crippen molar-refractivity contribution in [3.05, 3.63) is 17.8 Å². The van der Waals surface area contributed by atoms with Gasteiger partial charge in [0.25, 0.3) is 5.88 Å². The molecule has 0 bridgehead atoms. The molecule has 1 heterocycles. The first-order valence-electron chi connectivity index (χ1n) is 3.01. The summed E-state index contributed by atoms with van der Waals surface area (Å²) in [6.45, 7) is 0.555. The molecule has 1 aromatic heterocycles. The zero-order valence-corrected chi connectivity index (χ0v) is 6.05. The molecular formula is C6H5F3N2O. The summed E-state index contributed by atoms with van der Waals surface area (Å²) < 4.78 is 37.1. The van der Waals surface area contributed by atoms with Gasteiger partial charge in [0.1, 0.15) is 0 Å². The van der Waals surface area contributed by atoms with Gasteiger partial charge in [-0.2, -0.15) is 18.2 Å². The highest BCUT2D eigenvalue weighted by atomic mass is 19.3. The van der Waals surface area contributed by atoms with Gasteiger partial charge in [-0.05, 0) is 0 Å². The molecule has 0 radical (unpaired) electrons. The van der Waals surface area contributed by atoms with Crippen molar-refractivity contribution in [2.24, 2.45) is 0 Å². The molecule has 0 unspecified atom stereocenters. The van der Waals surface area contributed by atoms with Crippen LogP contribution in [-0.4, -0.2) is 15.1 Å². The van der Waals surface area contributed by atoms with E-state index in [2.05, 4.69) is 9.97 Å². The maximum atomic E-state index is 12.4. The Hall–Kier alpha value is -1.33. The van der Waals surface area contributed by atoms with Crippen molar-refractivity contribution in [1.29, 1.82) is 0 Å². The quantitative estimate of drug-likeness (QED) is 0.707. The summed E-state index contributed by atoms with van der Waals surface area (Å²) in [4.78, 5) is 5.88. The third kappa shape index (κ3) is 1.63. The van der Waals surface area contributed by atoms with Crippen LogP contribution in [0.25, 0.3) is 0 Å². The molecule has 0 amide bonds. The Bertz CT molecular complexity index is 297. The number of halogens is 3. The van der Waals surface area contributed by atoms with E-state index >= 15 is 0 Å². The lowest BCUT2D eigenvalue weighted by Gasteiger charge is -2.07. The lowest BCUT2D eigenvalue weighted by molar-refractivity contribution is 0.00681. The SMILES string of the molecule is CC(F)(F)c1ncc(F)c(O)n1. The fourth-order valence-electron chi connectivity index (χ4n) is 0.570. The molecule has 0 saturated carbocycles. The highest BCUT2D eigenvalue weighted by Crippen LogP contribution is 2.24. The van der Waals surface area contributed by atoms with Crippen LogP contribution in [0.3, 0.4) is 0 Å². The molecule has 1 N–H and O–H groups in total. The molecule has 0 aromatic carbocycles. The summed E-state index contributed by atoms with van der Waals surface area (Å²) in [5, 5.41) is 8.60. The first kappa shape index (κ1) is 8.76. The third-order valence-corrected chi connectivity index (χ3v) is 1.12. The first-order valence-corrected chi connectivity index (χ1v) is 3.01. The molecule has 0 aliphatic heterocycles. The van der Waals surface area contributed by atoms with Crippen LogP contribution in [0.5, 0.6) is 5.88 Å².